The molecule has 96 valence electrons. The standard InChI is InChI=1S/C13H19BrFNO/c1-3-4-7-16-9-10(2)17-13-6-5-11(15)8-12(13)14/h5-6,8,10,16H,3-4,7,9H2,1-2H3. The highest BCUT2D eigenvalue weighted by Crippen LogP contribution is 2.26. The summed E-state index contributed by atoms with van der Waals surface area (Å²) in [7, 11) is 0. The molecule has 0 saturated carbocycles. The second-order valence-electron chi connectivity index (χ2n) is 4.06. The Morgan fingerprint density at radius 1 is 1.47 bits per heavy atom. The van der Waals surface area contributed by atoms with Crippen molar-refractivity contribution in [2.75, 3.05) is 13.1 Å². The van der Waals surface area contributed by atoms with Crippen LogP contribution < -0.4 is 10.1 Å². The van der Waals surface area contributed by atoms with Gasteiger partial charge >= 0.3 is 0 Å². The van der Waals surface area contributed by atoms with Gasteiger partial charge in [0.05, 0.1) is 4.47 Å². The molecule has 0 bridgehead atoms. The Hall–Kier alpha value is -0.610. The van der Waals surface area contributed by atoms with Crippen LogP contribution in [-0.4, -0.2) is 19.2 Å². The van der Waals surface area contributed by atoms with E-state index in [1.165, 1.54) is 25.0 Å². The maximum Gasteiger partial charge on any atom is 0.134 e. The van der Waals surface area contributed by atoms with Crippen molar-refractivity contribution >= 4 is 15.9 Å². The van der Waals surface area contributed by atoms with Crippen molar-refractivity contribution in [2.45, 2.75) is 32.8 Å². The summed E-state index contributed by atoms with van der Waals surface area (Å²) in [6.07, 6.45) is 2.42. The van der Waals surface area contributed by atoms with Crippen LogP contribution in [0, 0.1) is 5.82 Å². The van der Waals surface area contributed by atoms with Gasteiger partial charge < -0.3 is 10.1 Å². The predicted octanol–water partition coefficient (Wildman–Crippen LogP) is 3.75. The largest absolute Gasteiger partial charge is 0.488 e. The third-order valence-electron chi connectivity index (χ3n) is 2.36. The smallest absolute Gasteiger partial charge is 0.134 e. The van der Waals surface area contributed by atoms with Gasteiger partial charge in [-0.2, -0.15) is 0 Å². The molecular formula is C13H19BrFNO. The fourth-order valence-electron chi connectivity index (χ4n) is 1.44. The number of ether oxygens (including phenoxy) is 1. The number of hydrogen-bond acceptors (Lipinski definition) is 2. The predicted molar refractivity (Wildman–Crippen MR) is 72.0 cm³/mol. The average Bonchev–Trinajstić information content (AvgIpc) is 2.28. The first-order chi connectivity index (χ1) is 8.13. The van der Waals surface area contributed by atoms with Crippen LogP contribution >= 0.6 is 15.9 Å². The lowest BCUT2D eigenvalue weighted by Crippen LogP contribution is -2.29. The van der Waals surface area contributed by atoms with Gasteiger partial charge in [-0.1, -0.05) is 13.3 Å². The lowest BCUT2D eigenvalue weighted by atomic mass is 10.3. The quantitative estimate of drug-likeness (QED) is 0.775. The Bertz CT molecular complexity index is 346. The molecule has 2 nitrogen and oxygen atoms in total. The van der Waals surface area contributed by atoms with Crippen molar-refractivity contribution < 1.29 is 9.13 Å². The van der Waals surface area contributed by atoms with E-state index in [0.29, 0.717) is 10.2 Å². The first-order valence-corrected chi connectivity index (χ1v) is 6.75. The molecule has 0 spiro atoms. The van der Waals surface area contributed by atoms with Crippen molar-refractivity contribution in [2.24, 2.45) is 0 Å². The molecule has 1 N–H and O–H groups in total. The van der Waals surface area contributed by atoms with Crippen LogP contribution in [-0.2, 0) is 0 Å². The summed E-state index contributed by atoms with van der Waals surface area (Å²) < 4.78 is 19.2. The van der Waals surface area contributed by atoms with Crippen molar-refractivity contribution in [3.8, 4) is 5.75 Å². The van der Waals surface area contributed by atoms with E-state index in [9.17, 15) is 4.39 Å². The van der Waals surface area contributed by atoms with Crippen LogP contribution in [0.4, 0.5) is 4.39 Å². The minimum atomic E-state index is -0.266. The van der Waals surface area contributed by atoms with Crippen molar-refractivity contribution in [3.63, 3.8) is 0 Å². The summed E-state index contributed by atoms with van der Waals surface area (Å²) >= 11 is 3.28. The summed E-state index contributed by atoms with van der Waals surface area (Å²) in [6, 6.07) is 4.45. The SMILES string of the molecule is CCCCNCC(C)Oc1ccc(F)cc1Br. The molecule has 0 saturated heterocycles. The van der Waals surface area contributed by atoms with Crippen molar-refractivity contribution in [3.05, 3.63) is 28.5 Å². The van der Waals surface area contributed by atoms with Crippen LogP contribution in [0.5, 0.6) is 5.75 Å². The number of nitrogens with one attached hydrogen (secondary N) is 1. The van der Waals surface area contributed by atoms with Crippen LogP contribution in [0.25, 0.3) is 0 Å². The minimum Gasteiger partial charge on any atom is -0.488 e. The van der Waals surface area contributed by atoms with Crippen molar-refractivity contribution in [1.29, 1.82) is 0 Å². The molecule has 1 unspecified atom stereocenters. The van der Waals surface area contributed by atoms with Gasteiger partial charge in [-0.05, 0) is 54.0 Å². The normalized spacial score (nSPS) is 12.5. The Morgan fingerprint density at radius 2 is 2.24 bits per heavy atom. The van der Waals surface area contributed by atoms with E-state index in [-0.39, 0.29) is 11.9 Å². The highest BCUT2D eigenvalue weighted by molar-refractivity contribution is 9.10. The summed E-state index contributed by atoms with van der Waals surface area (Å²) in [4.78, 5) is 0. The molecule has 0 heterocycles. The Labute approximate surface area is 111 Å². The monoisotopic (exact) mass is 303 g/mol. The molecule has 0 aliphatic rings. The molecule has 1 atom stereocenters. The van der Waals surface area contributed by atoms with Crippen LogP contribution in [0.15, 0.2) is 22.7 Å². The molecule has 4 heteroatoms. The van der Waals surface area contributed by atoms with E-state index >= 15 is 0 Å². The van der Waals surface area contributed by atoms with Crippen LogP contribution in [0.2, 0.25) is 0 Å². The zero-order valence-corrected chi connectivity index (χ0v) is 11.9. The molecule has 0 aliphatic carbocycles. The number of hydrogen-bond donors (Lipinski definition) is 1. The first kappa shape index (κ1) is 14.5. The average molecular weight is 304 g/mol. The molecule has 0 amide bonds. The summed E-state index contributed by atoms with van der Waals surface area (Å²) in [6.45, 7) is 5.96. The third-order valence-corrected chi connectivity index (χ3v) is 2.98. The Kier molecular flexibility index (Phi) is 6.52. The number of unbranched alkanes of at least 4 members (excludes halogenated alkanes) is 1. The second-order valence-corrected chi connectivity index (χ2v) is 4.92. The molecule has 1 rings (SSSR count). The molecule has 0 radical (unpaired) electrons. The third kappa shape index (κ3) is 5.50. The number of halogens is 2. The lowest BCUT2D eigenvalue weighted by molar-refractivity contribution is 0.215. The van der Waals surface area contributed by atoms with Gasteiger partial charge in [-0.25, -0.2) is 4.39 Å². The molecule has 17 heavy (non-hydrogen) atoms. The maximum absolute atomic E-state index is 12.9. The van der Waals surface area contributed by atoms with E-state index < -0.39 is 0 Å². The molecule has 0 aliphatic heterocycles. The topological polar surface area (TPSA) is 21.3 Å². The zero-order valence-electron chi connectivity index (χ0n) is 10.3. The van der Waals surface area contributed by atoms with E-state index in [0.717, 1.165) is 13.1 Å². The van der Waals surface area contributed by atoms with Crippen LogP contribution in [0.1, 0.15) is 26.7 Å². The molecule has 0 fully saturated rings. The van der Waals surface area contributed by atoms with Gasteiger partial charge in [0.25, 0.3) is 0 Å². The highest BCUT2D eigenvalue weighted by atomic mass is 79.9. The van der Waals surface area contributed by atoms with E-state index in [4.69, 9.17) is 4.74 Å². The van der Waals surface area contributed by atoms with Gasteiger partial charge in [0.15, 0.2) is 0 Å². The minimum absolute atomic E-state index is 0.0635. The lowest BCUT2D eigenvalue weighted by Gasteiger charge is -2.16. The second kappa shape index (κ2) is 7.67. The Morgan fingerprint density at radius 3 is 2.88 bits per heavy atom. The number of benzene rings is 1. The summed E-state index contributed by atoms with van der Waals surface area (Å²) in [5.74, 6) is 0.411. The van der Waals surface area contributed by atoms with Gasteiger partial charge in [0.1, 0.15) is 17.7 Å². The molecule has 0 aromatic heterocycles. The highest BCUT2D eigenvalue weighted by Gasteiger charge is 2.07. The molecule has 1 aromatic rings. The molecule has 1 aromatic carbocycles. The first-order valence-electron chi connectivity index (χ1n) is 5.96. The zero-order chi connectivity index (χ0) is 12.7. The van der Waals surface area contributed by atoms with Gasteiger partial charge in [0, 0.05) is 6.54 Å². The fraction of sp³-hybridized carbons (Fsp3) is 0.538. The fourth-order valence-corrected chi connectivity index (χ4v) is 1.88. The van der Waals surface area contributed by atoms with Gasteiger partial charge in [0.2, 0.25) is 0 Å². The van der Waals surface area contributed by atoms with Gasteiger partial charge in [-0.3, -0.25) is 0 Å². The summed E-state index contributed by atoms with van der Waals surface area (Å²) in [5.41, 5.74) is 0. The van der Waals surface area contributed by atoms with E-state index in [1.807, 2.05) is 6.92 Å². The summed E-state index contributed by atoms with van der Waals surface area (Å²) in [5, 5.41) is 3.32. The van der Waals surface area contributed by atoms with E-state index in [2.05, 4.69) is 28.2 Å². The molecular weight excluding hydrogens is 285 g/mol. The maximum atomic E-state index is 12.9. The van der Waals surface area contributed by atoms with E-state index in [1.54, 1.807) is 6.07 Å². The Balaban J connectivity index is 2.37. The van der Waals surface area contributed by atoms with Crippen molar-refractivity contribution in [1.82, 2.24) is 5.32 Å². The van der Waals surface area contributed by atoms with Gasteiger partial charge in [-0.15, -0.1) is 0 Å². The van der Waals surface area contributed by atoms with Crippen LogP contribution in [0.3, 0.4) is 0 Å². The number of rotatable bonds is 7.